The van der Waals surface area contributed by atoms with Crippen molar-refractivity contribution in [1.82, 2.24) is 5.32 Å². The van der Waals surface area contributed by atoms with Gasteiger partial charge in [0.2, 0.25) is 0 Å². The van der Waals surface area contributed by atoms with E-state index in [2.05, 4.69) is 5.32 Å². The molecule has 0 unspecified atom stereocenters. The molecule has 20 heavy (non-hydrogen) atoms. The number of halogens is 1. The zero-order valence-corrected chi connectivity index (χ0v) is 12.1. The van der Waals surface area contributed by atoms with E-state index >= 15 is 0 Å². The lowest BCUT2D eigenvalue weighted by Gasteiger charge is -2.28. The Labute approximate surface area is 119 Å². The summed E-state index contributed by atoms with van der Waals surface area (Å²) < 4.78 is 18.4. The third kappa shape index (κ3) is 3.50. The van der Waals surface area contributed by atoms with Gasteiger partial charge in [0.1, 0.15) is 0 Å². The molecule has 0 radical (unpaired) electrons. The summed E-state index contributed by atoms with van der Waals surface area (Å²) in [5.41, 5.74) is 0.339. The van der Waals surface area contributed by atoms with Gasteiger partial charge in [-0.25, -0.2) is 4.39 Å². The maximum Gasteiger partial charge on any atom is 0.251 e. The van der Waals surface area contributed by atoms with Crippen molar-refractivity contribution in [2.24, 2.45) is 5.92 Å². The van der Waals surface area contributed by atoms with Gasteiger partial charge in [0.25, 0.3) is 5.91 Å². The smallest absolute Gasteiger partial charge is 0.251 e. The lowest BCUT2D eigenvalue weighted by Crippen LogP contribution is -2.38. The Morgan fingerprint density at radius 3 is 2.65 bits per heavy atom. The van der Waals surface area contributed by atoms with Crippen molar-refractivity contribution in [2.75, 3.05) is 7.11 Å². The molecule has 1 fully saturated rings. The summed E-state index contributed by atoms with van der Waals surface area (Å²) in [6.45, 7) is 2.04. The van der Waals surface area contributed by atoms with Crippen LogP contribution in [0.3, 0.4) is 0 Å². The standard InChI is InChI=1S/C16H22FNO2/c1-11(12-6-4-3-5-7-12)18-16(19)13-8-9-15(20-2)14(17)10-13/h8-12H,3-7H2,1-2H3,(H,18,19)/t11-/m0/s1. The topological polar surface area (TPSA) is 38.3 Å². The van der Waals surface area contributed by atoms with Gasteiger partial charge in [-0.05, 0) is 43.9 Å². The molecular formula is C16H22FNO2. The maximum atomic E-state index is 13.6. The molecule has 1 aromatic carbocycles. The molecule has 110 valence electrons. The summed E-state index contributed by atoms with van der Waals surface area (Å²) in [5.74, 6) is -0.0345. The lowest BCUT2D eigenvalue weighted by molar-refractivity contribution is 0.0919. The molecule has 0 bridgehead atoms. The van der Waals surface area contributed by atoms with Crippen LogP contribution in [0.2, 0.25) is 0 Å². The van der Waals surface area contributed by atoms with Crippen LogP contribution in [0.25, 0.3) is 0 Å². The fourth-order valence-corrected chi connectivity index (χ4v) is 2.85. The minimum absolute atomic E-state index is 0.132. The fourth-order valence-electron chi connectivity index (χ4n) is 2.85. The second kappa shape index (κ2) is 6.73. The summed E-state index contributed by atoms with van der Waals surface area (Å²) in [7, 11) is 1.41. The molecule has 0 saturated heterocycles. The Balaban J connectivity index is 1.98. The molecule has 1 aliphatic carbocycles. The molecular weight excluding hydrogens is 257 g/mol. The average Bonchev–Trinajstić information content (AvgIpc) is 2.48. The second-order valence-corrected chi connectivity index (χ2v) is 5.51. The number of rotatable bonds is 4. The van der Waals surface area contributed by atoms with E-state index in [4.69, 9.17) is 4.74 Å². The molecule has 4 heteroatoms. The van der Waals surface area contributed by atoms with E-state index in [0.717, 1.165) is 0 Å². The van der Waals surface area contributed by atoms with Crippen LogP contribution in [-0.2, 0) is 0 Å². The third-order valence-corrected chi connectivity index (χ3v) is 4.13. The molecule has 0 aliphatic heterocycles. The summed E-state index contributed by atoms with van der Waals surface area (Å²) in [5, 5.41) is 2.98. The van der Waals surface area contributed by atoms with E-state index in [9.17, 15) is 9.18 Å². The van der Waals surface area contributed by atoms with E-state index in [-0.39, 0.29) is 17.7 Å². The van der Waals surface area contributed by atoms with Crippen LogP contribution in [0.4, 0.5) is 4.39 Å². The van der Waals surface area contributed by atoms with Gasteiger partial charge in [0.15, 0.2) is 11.6 Å². The molecule has 1 atom stereocenters. The zero-order chi connectivity index (χ0) is 14.5. The first kappa shape index (κ1) is 14.8. The molecule has 1 aromatic rings. The van der Waals surface area contributed by atoms with E-state index in [1.807, 2.05) is 6.92 Å². The van der Waals surface area contributed by atoms with Crippen LogP contribution < -0.4 is 10.1 Å². The molecule has 2 rings (SSSR count). The van der Waals surface area contributed by atoms with E-state index < -0.39 is 5.82 Å². The van der Waals surface area contributed by atoms with Gasteiger partial charge >= 0.3 is 0 Å². The van der Waals surface area contributed by atoms with E-state index in [0.29, 0.717) is 11.5 Å². The summed E-state index contributed by atoms with van der Waals surface area (Å²) in [6, 6.07) is 4.43. The van der Waals surface area contributed by atoms with Gasteiger partial charge < -0.3 is 10.1 Å². The third-order valence-electron chi connectivity index (χ3n) is 4.13. The summed E-state index contributed by atoms with van der Waals surface area (Å²) in [6.07, 6.45) is 6.10. The highest BCUT2D eigenvalue weighted by molar-refractivity contribution is 5.94. The van der Waals surface area contributed by atoms with Crippen LogP contribution in [0.15, 0.2) is 18.2 Å². The quantitative estimate of drug-likeness (QED) is 0.915. The van der Waals surface area contributed by atoms with Gasteiger partial charge in [-0.15, -0.1) is 0 Å². The molecule has 0 heterocycles. The number of nitrogens with one attached hydrogen (secondary N) is 1. The van der Waals surface area contributed by atoms with Gasteiger partial charge in [-0.3, -0.25) is 4.79 Å². The number of hydrogen-bond donors (Lipinski definition) is 1. The Morgan fingerprint density at radius 2 is 2.05 bits per heavy atom. The number of amides is 1. The Morgan fingerprint density at radius 1 is 1.35 bits per heavy atom. The predicted octanol–water partition coefficient (Wildman–Crippen LogP) is 3.53. The first-order chi connectivity index (χ1) is 9.61. The molecule has 0 spiro atoms. The minimum atomic E-state index is -0.509. The van der Waals surface area contributed by atoms with Gasteiger partial charge in [-0.2, -0.15) is 0 Å². The molecule has 1 saturated carbocycles. The summed E-state index contributed by atoms with van der Waals surface area (Å²) >= 11 is 0. The van der Waals surface area contributed by atoms with Crippen molar-refractivity contribution in [3.05, 3.63) is 29.6 Å². The minimum Gasteiger partial charge on any atom is -0.494 e. The number of benzene rings is 1. The van der Waals surface area contributed by atoms with Crippen LogP contribution in [0.5, 0.6) is 5.75 Å². The maximum absolute atomic E-state index is 13.6. The van der Waals surface area contributed by atoms with E-state index in [1.54, 1.807) is 6.07 Å². The Hall–Kier alpha value is -1.58. The number of ether oxygens (including phenoxy) is 1. The van der Waals surface area contributed by atoms with Crippen LogP contribution >= 0.6 is 0 Å². The predicted molar refractivity (Wildman–Crippen MR) is 76.5 cm³/mol. The van der Waals surface area contributed by atoms with Gasteiger partial charge in [-0.1, -0.05) is 19.3 Å². The number of methoxy groups -OCH3 is 1. The van der Waals surface area contributed by atoms with Crippen molar-refractivity contribution in [1.29, 1.82) is 0 Å². The van der Waals surface area contributed by atoms with Crippen LogP contribution in [-0.4, -0.2) is 19.1 Å². The molecule has 1 amide bonds. The first-order valence-electron chi connectivity index (χ1n) is 7.26. The SMILES string of the molecule is COc1ccc(C(=O)N[C@@H](C)C2CCCCC2)cc1F. The van der Waals surface area contributed by atoms with Crippen molar-refractivity contribution >= 4 is 5.91 Å². The Kier molecular flexibility index (Phi) is 4.99. The van der Waals surface area contributed by atoms with Crippen LogP contribution in [0, 0.1) is 11.7 Å². The Bertz CT molecular complexity index is 470. The summed E-state index contributed by atoms with van der Waals surface area (Å²) in [4.78, 5) is 12.1. The monoisotopic (exact) mass is 279 g/mol. The fraction of sp³-hybridized carbons (Fsp3) is 0.562. The largest absolute Gasteiger partial charge is 0.494 e. The first-order valence-corrected chi connectivity index (χ1v) is 7.26. The highest BCUT2D eigenvalue weighted by Crippen LogP contribution is 2.26. The molecule has 1 aliphatic rings. The van der Waals surface area contributed by atoms with Crippen molar-refractivity contribution in [3.63, 3.8) is 0 Å². The van der Waals surface area contributed by atoms with Gasteiger partial charge in [0.05, 0.1) is 7.11 Å². The lowest BCUT2D eigenvalue weighted by atomic mass is 9.84. The zero-order valence-electron chi connectivity index (χ0n) is 12.1. The molecule has 0 aromatic heterocycles. The van der Waals surface area contributed by atoms with Crippen molar-refractivity contribution < 1.29 is 13.9 Å². The van der Waals surface area contributed by atoms with Gasteiger partial charge in [0, 0.05) is 11.6 Å². The number of carbonyl (C=O) groups excluding carboxylic acids is 1. The van der Waals surface area contributed by atoms with Crippen LogP contribution in [0.1, 0.15) is 49.4 Å². The number of carbonyl (C=O) groups is 1. The average molecular weight is 279 g/mol. The van der Waals surface area contributed by atoms with E-state index in [1.165, 1.54) is 51.3 Å². The molecule has 3 nitrogen and oxygen atoms in total. The van der Waals surface area contributed by atoms with Crippen molar-refractivity contribution in [3.8, 4) is 5.75 Å². The highest BCUT2D eigenvalue weighted by Gasteiger charge is 2.22. The normalized spacial score (nSPS) is 17.6. The number of hydrogen-bond acceptors (Lipinski definition) is 2. The highest BCUT2D eigenvalue weighted by atomic mass is 19.1. The van der Waals surface area contributed by atoms with Crippen molar-refractivity contribution in [2.45, 2.75) is 45.1 Å². The molecule has 1 N–H and O–H groups in total. The second-order valence-electron chi connectivity index (χ2n) is 5.51.